The highest BCUT2D eigenvalue weighted by Gasteiger charge is 2.11. The largest absolute Gasteiger partial charge is 0.493 e. The van der Waals surface area contributed by atoms with E-state index in [2.05, 4.69) is 6.07 Å². The van der Waals surface area contributed by atoms with Gasteiger partial charge in [0.05, 0.1) is 19.4 Å². The first-order valence-electron chi connectivity index (χ1n) is 6.97. The molecule has 0 atom stereocenters. The van der Waals surface area contributed by atoms with E-state index in [0.29, 0.717) is 6.61 Å². The molecule has 0 fully saturated rings. The molecule has 0 saturated heterocycles. The summed E-state index contributed by atoms with van der Waals surface area (Å²) < 4.78 is 5.68. The molecule has 1 aromatic rings. The average molecular weight is 293 g/mol. The summed E-state index contributed by atoms with van der Waals surface area (Å²) in [5, 5.41) is 8.59. The number of rotatable bonds is 7. The van der Waals surface area contributed by atoms with Gasteiger partial charge in [-0.3, -0.25) is 9.59 Å². The summed E-state index contributed by atoms with van der Waals surface area (Å²) in [7, 11) is 1.60. The Hall–Kier alpha value is -2.04. The molecular formula is C16H23NO4. The maximum atomic E-state index is 11.8. The van der Waals surface area contributed by atoms with E-state index in [-0.39, 0.29) is 25.3 Å². The van der Waals surface area contributed by atoms with Crippen molar-refractivity contribution in [1.29, 1.82) is 0 Å². The van der Waals surface area contributed by atoms with Crippen molar-refractivity contribution in [2.24, 2.45) is 0 Å². The number of amides is 1. The highest BCUT2D eigenvalue weighted by atomic mass is 16.5. The molecule has 1 N–H and O–H groups in total. The first kappa shape index (κ1) is 17.0. The van der Waals surface area contributed by atoms with Gasteiger partial charge in [-0.05, 0) is 43.5 Å². The molecule has 1 rings (SSSR count). The van der Waals surface area contributed by atoms with Crippen LogP contribution in [0.1, 0.15) is 29.5 Å². The van der Waals surface area contributed by atoms with Gasteiger partial charge in [-0.1, -0.05) is 6.07 Å². The number of aryl methyl sites for hydroxylation is 2. The monoisotopic (exact) mass is 293 g/mol. The van der Waals surface area contributed by atoms with Crippen LogP contribution in [0.25, 0.3) is 0 Å². The van der Waals surface area contributed by atoms with E-state index in [9.17, 15) is 9.59 Å². The number of carboxylic acid groups (broad SMARTS) is 1. The zero-order valence-corrected chi connectivity index (χ0v) is 13.1. The third kappa shape index (κ3) is 5.45. The summed E-state index contributed by atoms with van der Waals surface area (Å²) in [4.78, 5) is 23.7. The normalized spacial score (nSPS) is 10.3. The standard InChI is InChI=1S/C16H23NO4/c1-11-9-12(2)13(3)14(10-11)21-8-6-15(18)17(4)7-5-16(19)20/h9-10H,5-8H2,1-4H3,(H,19,20). The van der Waals surface area contributed by atoms with Crippen molar-refractivity contribution >= 4 is 11.9 Å². The Morgan fingerprint density at radius 2 is 1.86 bits per heavy atom. The van der Waals surface area contributed by atoms with E-state index in [1.54, 1.807) is 7.05 Å². The molecule has 0 aliphatic carbocycles. The van der Waals surface area contributed by atoms with E-state index < -0.39 is 5.97 Å². The molecule has 0 aromatic heterocycles. The van der Waals surface area contributed by atoms with Crippen molar-refractivity contribution in [2.45, 2.75) is 33.6 Å². The summed E-state index contributed by atoms with van der Waals surface area (Å²) in [5.41, 5.74) is 3.36. The van der Waals surface area contributed by atoms with Gasteiger partial charge in [-0.15, -0.1) is 0 Å². The Bertz CT molecular complexity index is 525. The van der Waals surface area contributed by atoms with Crippen LogP contribution in [-0.4, -0.2) is 42.1 Å². The zero-order valence-electron chi connectivity index (χ0n) is 13.1. The number of carbonyl (C=O) groups excluding carboxylic acids is 1. The molecule has 0 unspecified atom stereocenters. The van der Waals surface area contributed by atoms with E-state index in [0.717, 1.165) is 22.4 Å². The highest BCUT2D eigenvalue weighted by Crippen LogP contribution is 2.23. The van der Waals surface area contributed by atoms with Gasteiger partial charge in [0, 0.05) is 13.6 Å². The Balaban J connectivity index is 2.46. The Morgan fingerprint density at radius 1 is 1.19 bits per heavy atom. The second-order valence-electron chi connectivity index (χ2n) is 5.26. The van der Waals surface area contributed by atoms with Crippen LogP contribution in [0.15, 0.2) is 12.1 Å². The molecule has 0 aliphatic heterocycles. The lowest BCUT2D eigenvalue weighted by Gasteiger charge is -2.17. The molecule has 21 heavy (non-hydrogen) atoms. The van der Waals surface area contributed by atoms with Gasteiger partial charge in [0.15, 0.2) is 0 Å². The van der Waals surface area contributed by atoms with Crippen LogP contribution in [0.3, 0.4) is 0 Å². The summed E-state index contributed by atoms with van der Waals surface area (Å²) >= 11 is 0. The maximum absolute atomic E-state index is 11.8. The SMILES string of the molecule is Cc1cc(C)c(C)c(OCCC(=O)N(C)CCC(=O)O)c1. The van der Waals surface area contributed by atoms with Crippen LogP contribution in [0.2, 0.25) is 0 Å². The molecule has 0 saturated carbocycles. The van der Waals surface area contributed by atoms with Gasteiger partial charge in [0.25, 0.3) is 0 Å². The molecule has 0 heterocycles. The minimum Gasteiger partial charge on any atom is -0.493 e. The molecule has 5 nitrogen and oxygen atoms in total. The number of ether oxygens (including phenoxy) is 1. The number of carboxylic acids is 1. The summed E-state index contributed by atoms with van der Waals surface area (Å²) in [5.74, 6) is -0.219. The fraction of sp³-hybridized carbons (Fsp3) is 0.500. The predicted molar refractivity (Wildman–Crippen MR) is 80.7 cm³/mol. The van der Waals surface area contributed by atoms with Gasteiger partial charge in [0.1, 0.15) is 5.75 Å². The molecule has 116 valence electrons. The minimum atomic E-state index is -0.906. The third-order valence-electron chi connectivity index (χ3n) is 3.42. The lowest BCUT2D eigenvalue weighted by molar-refractivity contribution is -0.138. The molecule has 1 aromatic carbocycles. The molecule has 5 heteroatoms. The van der Waals surface area contributed by atoms with Crippen LogP contribution in [0.4, 0.5) is 0 Å². The molecule has 0 bridgehead atoms. The fourth-order valence-electron chi connectivity index (χ4n) is 1.98. The molecule has 0 aliphatic rings. The second kappa shape index (κ2) is 7.67. The zero-order chi connectivity index (χ0) is 16.0. The van der Waals surface area contributed by atoms with Crippen molar-refractivity contribution in [3.63, 3.8) is 0 Å². The van der Waals surface area contributed by atoms with Gasteiger partial charge >= 0.3 is 5.97 Å². The van der Waals surface area contributed by atoms with E-state index >= 15 is 0 Å². The number of hydrogen-bond donors (Lipinski definition) is 1. The van der Waals surface area contributed by atoms with E-state index in [1.807, 2.05) is 26.8 Å². The Morgan fingerprint density at radius 3 is 2.48 bits per heavy atom. The Labute approximate surface area is 125 Å². The third-order valence-corrected chi connectivity index (χ3v) is 3.42. The average Bonchev–Trinajstić information content (AvgIpc) is 2.41. The lowest BCUT2D eigenvalue weighted by Crippen LogP contribution is -2.30. The van der Waals surface area contributed by atoms with Crippen molar-refractivity contribution < 1.29 is 19.4 Å². The lowest BCUT2D eigenvalue weighted by atomic mass is 10.1. The Kier molecular flexibility index (Phi) is 6.21. The van der Waals surface area contributed by atoms with Crippen molar-refractivity contribution in [2.75, 3.05) is 20.2 Å². The predicted octanol–water partition coefficient (Wildman–Crippen LogP) is 2.31. The smallest absolute Gasteiger partial charge is 0.305 e. The number of hydrogen-bond acceptors (Lipinski definition) is 3. The van der Waals surface area contributed by atoms with Crippen LogP contribution in [0.5, 0.6) is 5.75 Å². The number of aliphatic carboxylic acids is 1. The van der Waals surface area contributed by atoms with Gasteiger partial charge < -0.3 is 14.7 Å². The maximum Gasteiger partial charge on any atom is 0.305 e. The number of benzene rings is 1. The first-order chi connectivity index (χ1) is 9.81. The van der Waals surface area contributed by atoms with Crippen molar-refractivity contribution in [3.8, 4) is 5.75 Å². The number of carbonyl (C=O) groups is 2. The minimum absolute atomic E-state index is 0.0424. The fourth-order valence-corrected chi connectivity index (χ4v) is 1.98. The van der Waals surface area contributed by atoms with Crippen LogP contribution < -0.4 is 4.74 Å². The summed E-state index contributed by atoms with van der Waals surface area (Å²) in [6.45, 7) is 6.53. The highest BCUT2D eigenvalue weighted by molar-refractivity contribution is 5.76. The van der Waals surface area contributed by atoms with Crippen molar-refractivity contribution in [3.05, 3.63) is 28.8 Å². The van der Waals surface area contributed by atoms with Crippen molar-refractivity contribution in [1.82, 2.24) is 4.90 Å². The van der Waals surface area contributed by atoms with E-state index in [1.165, 1.54) is 4.90 Å². The first-order valence-corrected chi connectivity index (χ1v) is 6.97. The number of nitrogens with zero attached hydrogens (tertiary/aromatic N) is 1. The summed E-state index contributed by atoms with van der Waals surface area (Å²) in [6.07, 6.45) is 0.196. The van der Waals surface area contributed by atoms with Gasteiger partial charge in [0.2, 0.25) is 5.91 Å². The molecular weight excluding hydrogens is 270 g/mol. The summed E-state index contributed by atoms with van der Waals surface area (Å²) in [6, 6.07) is 4.05. The van der Waals surface area contributed by atoms with Gasteiger partial charge in [-0.25, -0.2) is 0 Å². The van der Waals surface area contributed by atoms with E-state index in [4.69, 9.17) is 9.84 Å². The van der Waals surface area contributed by atoms with Crippen LogP contribution in [0, 0.1) is 20.8 Å². The quantitative estimate of drug-likeness (QED) is 0.837. The molecule has 1 amide bonds. The molecule has 0 radical (unpaired) electrons. The topological polar surface area (TPSA) is 66.8 Å². The second-order valence-corrected chi connectivity index (χ2v) is 5.26. The van der Waals surface area contributed by atoms with Crippen LogP contribution >= 0.6 is 0 Å². The molecule has 0 spiro atoms. The van der Waals surface area contributed by atoms with Gasteiger partial charge in [-0.2, -0.15) is 0 Å². The van der Waals surface area contributed by atoms with Crippen LogP contribution in [-0.2, 0) is 9.59 Å².